The Hall–Kier alpha value is -0.610. The normalized spacial score (nSPS) is 20.4. The number of hydrogen-bond acceptors (Lipinski definition) is 3. The van der Waals surface area contributed by atoms with E-state index in [1.54, 1.807) is 0 Å². The number of rotatable bonds is 9. The fraction of sp³-hybridized carbons (Fsp3) is 0.933. The van der Waals surface area contributed by atoms with E-state index in [1.165, 1.54) is 19.3 Å². The predicted octanol–water partition coefficient (Wildman–Crippen LogP) is 2.22. The minimum absolute atomic E-state index is 0.0166. The number of carbonyl (C=O) groups excluding carboxylic acids is 1. The number of amides is 1. The van der Waals surface area contributed by atoms with Gasteiger partial charge in [0.25, 0.3) is 0 Å². The van der Waals surface area contributed by atoms with Gasteiger partial charge in [0, 0.05) is 19.8 Å². The molecule has 3 N–H and O–H groups in total. The Labute approximate surface area is 117 Å². The molecule has 1 aliphatic carbocycles. The van der Waals surface area contributed by atoms with Crippen LogP contribution in [0.15, 0.2) is 0 Å². The molecule has 112 valence electrons. The molecule has 19 heavy (non-hydrogen) atoms. The largest absolute Gasteiger partial charge is 0.382 e. The molecule has 0 aromatic heterocycles. The maximum absolute atomic E-state index is 12.1. The minimum Gasteiger partial charge on any atom is -0.382 e. The number of hydrogen-bond donors (Lipinski definition) is 2. The maximum atomic E-state index is 12.1. The number of carbonyl (C=O) groups is 1. The van der Waals surface area contributed by atoms with Gasteiger partial charge in [-0.3, -0.25) is 4.79 Å². The summed E-state index contributed by atoms with van der Waals surface area (Å²) in [7, 11) is 0. The number of nitrogens with one attached hydrogen (secondary N) is 1. The summed E-state index contributed by atoms with van der Waals surface area (Å²) in [6, 6.07) is 0. The Morgan fingerprint density at radius 2 is 2.11 bits per heavy atom. The molecule has 1 rings (SSSR count). The molecule has 1 saturated carbocycles. The summed E-state index contributed by atoms with van der Waals surface area (Å²) < 4.78 is 5.44. The third-order valence-electron chi connectivity index (χ3n) is 4.31. The first-order valence-electron chi connectivity index (χ1n) is 7.61. The van der Waals surface area contributed by atoms with Crippen LogP contribution in [0.3, 0.4) is 0 Å². The van der Waals surface area contributed by atoms with Gasteiger partial charge in [-0.25, -0.2) is 0 Å². The molecule has 1 aliphatic rings. The van der Waals surface area contributed by atoms with Crippen molar-refractivity contribution in [3.63, 3.8) is 0 Å². The second-order valence-corrected chi connectivity index (χ2v) is 6.15. The first-order valence-corrected chi connectivity index (χ1v) is 7.61. The molecule has 0 aromatic carbocycles. The first kappa shape index (κ1) is 16.4. The van der Waals surface area contributed by atoms with Crippen LogP contribution < -0.4 is 11.1 Å². The van der Waals surface area contributed by atoms with Crippen molar-refractivity contribution in [3.05, 3.63) is 0 Å². The Morgan fingerprint density at radius 3 is 2.58 bits per heavy atom. The summed E-state index contributed by atoms with van der Waals surface area (Å²) in [5.74, 6) is -0.0166. The minimum atomic E-state index is -0.737. The number of nitrogens with two attached hydrogens (primary N) is 1. The average Bonchev–Trinajstić information content (AvgIpc) is 2.31. The molecule has 1 unspecified atom stereocenters. The van der Waals surface area contributed by atoms with Crippen molar-refractivity contribution in [2.24, 2.45) is 11.1 Å². The summed E-state index contributed by atoms with van der Waals surface area (Å²) in [5, 5.41) is 3.06. The third-order valence-corrected chi connectivity index (χ3v) is 4.31. The highest BCUT2D eigenvalue weighted by molar-refractivity contribution is 5.85. The third kappa shape index (κ3) is 4.77. The standard InChI is InChI=1S/C15H30N2O2/c1-4-7-14(3,16)13(18)17-12-15(8-6-9-15)10-11-19-5-2/h4-12,16H2,1-3H3,(H,17,18). The molecule has 4 heteroatoms. The highest BCUT2D eigenvalue weighted by Gasteiger charge is 2.38. The summed E-state index contributed by atoms with van der Waals surface area (Å²) in [6.45, 7) is 8.18. The van der Waals surface area contributed by atoms with Gasteiger partial charge in [0.2, 0.25) is 5.91 Å². The second kappa shape index (κ2) is 7.25. The van der Waals surface area contributed by atoms with Gasteiger partial charge < -0.3 is 15.8 Å². The first-order chi connectivity index (χ1) is 8.96. The molecule has 0 aromatic rings. The fourth-order valence-electron chi connectivity index (χ4n) is 2.73. The van der Waals surface area contributed by atoms with E-state index in [0.29, 0.717) is 0 Å². The van der Waals surface area contributed by atoms with E-state index in [1.807, 2.05) is 20.8 Å². The highest BCUT2D eigenvalue weighted by atomic mass is 16.5. The topological polar surface area (TPSA) is 64.4 Å². The van der Waals surface area contributed by atoms with Gasteiger partial charge in [0.05, 0.1) is 5.54 Å². The van der Waals surface area contributed by atoms with Crippen LogP contribution in [0.25, 0.3) is 0 Å². The summed E-state index contributed by atoms with van der Waals surface area (Å²) in [4.78, 5) is 12.1. The quantitative estimate of drug-likeness (QED) is 0.631. The molecule has 1 fully saturated rings. The Morgan fingerprint density at radius 1 is 1.42 bits per heavy atom. The van der Waals surface area contributed by atoms with Crippen LogP contribution in [0.2, 0.25) is 0 Å². The Kier molecular flexibility index (Phi) is 6.27. The molecule has 0 aliphatic heterocycles. The molecule has 1 amide bonds. The van der Waals surface area contributed by atoms with Gasteiger partial charge >= 0.3 is 0 Å². The summed E-state index contributed by atoms with van der Waals surface area (Å²) >= 11 is 0. The zero-order valence-electron chi connectivity index (χ0n) is 12.8. The van der Waals surface area contributed by atoms with Crippen molar-refractivity contribution in [2.45, 2.75) is 64.8 Å². The van der Waals surface area contributed by atoms with Gasteiger partial charge in [-0.1, -0.05) is 19.8 Å². The molecule has 4 nitrogen and oxygen atoms in total. The molecule has 0 radical (unpaired) electrons. The van der Waals surface area contributed by atoms with E-state index in [2.05, 4.69) is 5.32 Å². The molecule has 0 saturated heterocycles. The monoisotopic (exact) mass is 270 g/mol. The summed E-state index contributed by atoms with van der Waals surface area (Å²) in [6.07, 6.45) is 6.33. The van der Waals surface area contributed by atoms with Gasteiger partial charge in [-0.15, -0.1) is 0 Å². The van der Waals surface area contributed by atoms with E-state index < -0.39 is 5.54 Å². The Bertz CT molecular complexity index is 286. The van der Waals surface area contributed by atoms with Crippen molar-refractivity contribution in [3.8, 4) is 0 Å². The fourth-order valence-corrected chi connectivity index (χ4v) is 2.73. The lowest BCUT2D eigenvalue weighted by atomic mass is 9.66. The average molecular weight is 270 g/mol. The van der Waals surface area contributed by atoms with Crippen molar-refractivity contribution in [1.29, 1.82) is 0 Å². The van der Waals surface area contributed by atoms with Gasteiger partial charge in [0.1, 0.15) is 0 Å². The van der Waals surface area contributed by atoms with Gasteiger partial charge in [0.15, 0.2) is 0 Å². The van der Waals surface area contributed by atoms with Crippen molar-refractivity contribution < 1.29 is 9.53 Å². The maximum Gasteiger partial charge on any atom is 0.239 e. The van der Waals surface area contributed by atoms with Crippen molar-refractivity contribution in [1.82, 2.24) is 5.32 Å². The van der Waals surface area contributed by atoms with Crippen LogP contribution in [0.4, 0.5) is 0 Å². The molecule has 0 heterocycles. The zero-order valence-corrected chi connectivity index (χ0v) is 12.8. The van der Waals surface area contributed by atoms with E-state index >= 15 is 0 Å². The Balaban J connectivity index is 2.38. The van der Waals surface area contributed by atoms with Gasteiger partial charge in [-0.05, 0) is 44.9 Å². The molecule has 1 atom stereocenters. The van der Waals surface area contributed by atoms with Crippen LogP contribution in [0.1, 0.15) is 59.3 Å². The molecular formula is C15H30N2O2. The van der Waals surface area contributed by atoms with E-state index in [4.69, 9.17) is 10.5 Å². The SMILES string of the molecule is CCCC(C)(N)C(=O)NCC1(CCOCC)CCC1. The lowest BCUT2D eigenvalue weighted by Crippen LogP contribution is -2.54. The van der Waals surface area contributed by atoms with E-state index in [0.717, 1.165) is 39.0 Å². The predicted molar refractivity (Wildman–Crippen MR) is 77.9 cm³/mol. The lowest BCUT2D eigenvalue weighted by Gasteiger charge is -2.42. The molecule has 0 spiro atoms. The smallest absolute Gasteiger partial charge is 0.239 e. The number of ether oxygens (including phenoxy) is 1. The van der Waals surface area contributed by atoms with Crippen molar-refractivity contribution in [2.75, 3.05) is 19.8 Å². The summed E-state index contributed by atoms with van der Waals surface area (Å²) in [5.41, 5.74) is 5.57. The van der Waals surface area contributed by atoms with Gasteiger partial charge in [-0.2, -0.15) is 0 Å². The lowest BCUT2D eigenvalue weighted by molar-refractivity contribution is -0.127. The highest BCUT2D eigenvalue weighted by Crippen LogP contribution is 2.43. The van der Waals surface area contributed by atoms with Crippen LogP contribution >= 0.6 is 0 Å². The van der Waals surface area contributed by atoms with Crippen LogP contribution in [0, 0.1) is 5.41 Å². The van der Waals surface area contributed by atoms with Crippen LogP contribution in [-0.4, -0.2) is 31.2 Å². The zero-order chi connectivity index (χ0) is 14.4. The molecular weight excluding hydrogens is 240 g/mol. The van der Waals surface area contributed by atoms with E-state index in [9.17, 15) is 4.79 Å². The van der Waals surface area contributed by atoms with Crippen LogP contribution in [0.5, 0.6) is 0 Å². The van der Waals surface area contributed by atoms with E-state index in [-0.39, 0.29) is 11.3 Å². The van der Waals surface area contributed by atoms with Crippen LogP contribution in [-0.2, 0) is 9.53 Å². The second-order valence-electron chi connectivity index (χ2n) is 6.15. The van der Waals surface area contributed by atoms with Crippen molar-refractivity contribution >= 4 is 5.91 Å². The molecule has 0 bridgehead atoms.